The van der Waals surface area contributed by atoms with Crippen molar-refractivity contribution in [3.63, 3.8) is 0 Å². The van der Waals surface area contributed by atoms with Crippen LogP contribution in [0, 0.1) is 17.2 Å². The van der Waals surface area contributed by atoms with Crippen LogP contribution in [0.15, 0.2) is 24.3 Å². The molecule has 1 aliphatic rings. The summed E-state index contributed by atoms with van der Waals surface area (Å²) in [6.45, 7) is 3.76. The molecule has 1 aromatic carbocycles. The van der Waals surface area contributed by atoms with Crippen LogP contribution in [0.5, 0.6) is 0 Å². The van der Waals surface area contributed by atoms with Crippen LogP contribution in [0.25, 0.3) is 0 Å². The topological polar surface area (TPSA) is 40.9 Å². The van der Waals surface area contributed by atoms with Gasteiger partial charge in [0.05, 0.1) is 11.5 Å². The van der Waals surface area contributed by atoms with Gasteiger partial charge in [-0.3, -0.25) is 4.79 Å². The highest BCUT2D eigenvalue weighted by Gasteiger charge is 2.30. The fourth-order valence-corrected chi connectivity index (χ4v) is 1.70. The minimum atomic E-state index is -0.485. The molecule has 0 bridgehead atoms. The highest BCUT2D eigenvalue weighted by Crippen LogP contribution is 2.33. The SMILES string of the molecule is CC(C)(C#N)c1ccc(C(=O)C2CC2)cc1. The van der Waals surface area contributed by atoms with E-state index in [4.69, 9.17) is 5.26 Å². The van der Waals surface area contributed by atoms with Crippen molar-refractivity contribution in [2.75, 3.05) is 0 Å². The van der Waals surface area contributed by atoms with Crippen molar-refractivity contribution in [2.24, 2.45) is 5.92 Å². The predicted octanol–water partition coefficient (Wildman–Crippen LogP) is 3.08. The third kappa shape index (κ3) is 1.99. The van der Waals surface area contributed by atoms with Crippen molar-refractivity contribution >= 4 is 5.78 Å². The molecule has 2 heteroatoms. The minimum Gasteiger partial charge on any atom is -0.294 e. The summed E-state index contributed by atoms with van der Waals surface area (Å²) >= 11 is 0. The lowest BCUT2D eigenvalue weighted by atomic mass is 9.85. The van der Waals surface area contributed by atoms with Gasteiger partial charge in [0.15, 0.2) is 5.78 Å². The maximum absolute atomic E-state index is 11.8. The summed E-state index contributed by atoms with van der Waals surface area (Å²) in [5.41, 5.74) is 1.25. The second-order valence-electron chi connectivity index (χ2n) is 4.95. The lowest BCUT2D eigenvalue weighted by molar-refractivity contribution is 0.0967. The van der Waals surface area contributed by atoms with Crippen LogP contribution in [0.1, 0.15) is 42.6 Å². The number of Topliss-reactive ketones (excluding diaryl/α,β-unsaturated/α-hetero) is 1. The molecule has 0 heterocycles. The van der Waals surface area contributed by atoms with Crippen LogP contribution < -0.4 is 0 Å². The Morgan fingerprint density at radius 1 is 1.31 bits per heavy atom. The lowest BCUT2D eigenvalue weighted by Gasteiger charge is -2.15. The number of hydrogen-bond acceptors (Lipinski definition) is 2. The number of nitrogens with zero attached hydrogens (tertiary/aromatic N) is 1. The van der Waals surface area contributed by atoms with Crippen LogP contribution in [-0.2, 0) is 5.41 Å². The summed E-state index contributed by atoms with van der Waals surface area (Å²) in [6.07, 6.45) is 2.06. The average Bonchev–Trinajstić information content (AvgIpc) is 3.12. The van der Waals surface area contributed by atoms with E-state index in [1.54, 1.807) is 0 Å². The van der Waals surface area contributed by atoms with E-state index in [2.05, 4.69) is 6.07 Å². The standard InChI is InChI=1S/C14H15NO/c1-14(2,9-15)12-7-5-11(6-8-12)13(16)10-3-4-10/h5-8,10H,3-4H2,1-2H3. The van der Waals surface area contributed by atoms with E-state index in [9.17, 15) is 4.79 Å². The smallest absolute Gasteiger partial charge is 0.165 e. The summed E-state index contributed by atoms with van der Waals surface area (Å²) in [5.74, 6) is 0.510. The largest absolute Gasteiger partial charge is 0.294 e. The quantitative estimate of drug-likeness (QED) is 0.724. The Morgan fingerprint density at radius 2 is 1.88 bits per heavy atom. The third-order valence-corrected chi connectivity index (χ3v) is 3.12. The number of carbonyl (C=O) groups excluding carboxylic acids is 1. The first-order chi connectivity index (χ1) is 7.54. The van der Waals surface area contributed by atoms with Crippen molar-refractivity contribution < 1.29 is 4.79 Å². The zero-order valence-corrected chi connectivity index (χ0v) is 9.66. The van der Waals surface area contributed by atoms with Crippen LogP contribution in [0.3, 0.4) is 0 Å². The highest BCUT2D eigenvalue weighted by atomic mass is 16.1. The van der Waals surface area contributed by atoms with Gasteiger partial charge in [-0.1, -0.05) is 24.3 Å². The Bertz CT molecular complexity index is 447. The maximum Gasteiger partial charge on any atom is 0.165 e. The molecule has 82 valence electrons. The van der Waals surface area contributed by atoms with Crippen LogP contribution in [-0.4, -0.2) is 5.78 Å². The van der Waals surface area contributed by atoms with Gasteiger partial charge >= 0.3 is 0 Å². The summed E-state index contributed by atoms with van der Waals surface area (Å²) in [4.78, 5) is 11.8. The number of carbonyl (C=O) groups is 1. The molecule has 0 saturated heterocycles. The minimum absolute atomic E-state index is 0.251. The molecule has 0 atom stereocenters. The highest BCUT2D eigenvalue weighted by molar-refractivity contribution is 5.99. The van der Waals surface area contributed by atoms with Gasteiger partial charge in [-0.05, 0) is 32.3 Å². The molecule has 0 aliphatic heterocycles. The average molecular weight is 213 g/mol. The molecule has 2 nitrogen and oxygen atoms in total. The van der Waals surface area contributed by atoms with E-state index in [0.29, 0.717) is 0 Å². The monoisotopic (exact) mass is 213 g/mol. The van der Waals surface area contributed by atoms with E-state index in [0.717, 1.165) is 24.0 Å². The number of ketones is 1. The molecule has 1 saturated carbocycles. The first-order valence-electron chi connectivity index (χ1n) is 5.60. The second-order valence-corrected chi connectivity index (χ2v) is 4.95. The van der Waals surface area contributed by atoms with Crippen LogP contribution in [0.2, 0.25) is 0 Å². The number of nitriles is 1. The number of benzene rings is 1. The molecule has 1 aliphatic carbocycles. The Morgan fingerprint density at radius 3 is 2.31 bits per heavy atom. The zero-order valence-electron chi connectivity index (χ0n) is 9.66. The van der Waals surface area contributed by atoms with E-state index in [-0.39, 0.29) is 11.7 Å². The molecule has 0 spiro atoms. The Balaban J connectivity index is 2.23. The van der Waals surface area contributed by atoms with E-state index >= 15 is 0 Å². The Kier molecular flexibility index (Phi) is 2.55. The van der Waals surface area contributed by atoms with E-state index < -0.39 is 5.41 Å². The molecule has 0 amide bonds. The summed E-state index contributed by atoms with van der Waals surface area (Å²) in [5, 5.41) is 9.01. The molecule has 1 aromatic rings. The lowest BCUT2D eigenvalue weighted by Crippen LogP contribution is -2.14. The van der Waals surface area contributed by atoms with Gasteiger partial charge in [0, 0.05) is 11.5 Å². The van der Waals surface area contributed by atoms with Crippen molar-refractivity contribution in [1.29, 1.82) is 5.26 Å². The normalized spacial score (nSPS) is 15.6. The number of rotatable bonds is 3. The molecule has 2 rings (SSSR count). The van der Waals surface area contributed by atoms with Gasteiger partial charge in [0.2, 0.25) is 0 Å². The molecule has 0 N–H and O–H groups in total. The summed E-state index contributed by atoms with van der Waals surface area (Å²) in [6, 6.07) is 9.72. The van der Waals surface area contributed by atoms with Gasteiger partial charge < -0.3 is 0 Å². The van der Waals surface area contributed by atoms with Gasteiger partial charge in [-0.2, -0.15) is 5.26 Å². The first kappa shape index (κ1) is 10.9. The molecule has 1 fully saturated rings. The van der Waals surface area contributed by atoms with Gasteiger partial charge in [-0.25, -0.2) is 0 Å². The van der Waals surface area contributed by atoms with Gasteiger partial charge in [-0.15, -0.1) is 0 Å². The maximum atomic E-state index is 11.8. The van der Waals surface area contributed by atoms with Crippen molar-refractivity contribution in [3.05, 3.63) is 35.4 Å². The fourth-order valence-electron chi connectivity index (χ4n) is 1.70. The molecule has 0 aromatic heterocycles. The second kappa shape index (κ2) is 3.75. The first-order valence-corrected chi connectivity index (χ1v) is 5.60. The predicted molar refractivity (Wildman–Crippen MR) is 62.1 cm³/mol. The molecule has 0 unspecified atom stereocenters. The summed E-state index contributed by atoms with van der Waals surface area (Å²) in [7, 11) is 0. The Hall–Kier alpha value is -1.62. The van der Waals surface area contributed by atoms with Crippen LogP contribution in [0.4, 0.5) is 0 Å². The van der Waals surface area contributed by atoms with Gasteiger partial charge in [0.25, 0.3) is 0 Å². The molecular weight excluding hydrogens is 198 g/mol. The van der Waals surface area contributed by atoms with Crippen molar-refractivity contribution in [1.82, 2.24) is 0 Å². The van der Waals surface area contributed by atoms with E-state index in [1.165, 1.54) is 0 Å². The molecular formula is C14H15NO. The van der Waals surface area contributed by atoms with Crippen molar-refractivity contribution in [2.45, 2.75) is 32.1 Å². The zero-order chi connectivity index (χ0) is 11.8. The van der Waals surface area contributed by atoms with E-state index in [1.807, 2.05) is 38.1 Å². The third-order valence-electron chi connectivity index (χ3n) is 3.12. The van der Waals surface area contributed by atoms with Crippen LogP contribution >= 0.6 is 0 Å². The van der Waals surface area contributed by atoms with Crippen molar-refractivity contribution in [3.8, 4) is 6.07 Å². The summed E-state index contributed by atoms with van der Waals surface area (Å²) < 4.78 is 0. The molecule has 0 radical (unpaired) electrons. The van der Waals surface area contributed by atoms with Gasteiger partial charge in [0.1, 0.15) is 0 Å². The fraction of sp³-hybridized carbons (Fsp3) is 0.429. The number of hydrogen-bond donors (Lipinski definition) is 0. The molecule has 16 heavy (non-hydrogen) atoms. The Labute approximate surface area is 95.9 Å².